The molecule has 4 heteroatoms. The lowest BCUT2D eigenvalue weighted by molar-refractivity contribution is 0.438. The van der Waals surface area contributed by atoms with Gasteiger partial charge in [-0.15, -0.1) is 0 Å². The van der Waals surface area contributed by atoms with Crippen molar-refractivity contribution in [2.75, 3.05) is 17.6 Å². The van der Waals surface area contributed by atoms with Gasteiger partial charge in [0.2, 0.25) is 0 Å². The first kappa shape index (κ1) is 12.1. The first-order valence-electron chi connectivity index (χ1n) is 6.07. The van der Waals surface area contributed by atoms with Gasteiger partial charge in [0.15, 0.2) is 11.6 Å². The highest BCUT2D eigenvalue weighted by molar-refractivity contribution is 5.66. The normalized spacial score (nSPS) is 23.9. The molecule has 1 aromatic carbocycles. The summed E-state index contributed by atoms with van der Waals surface area (Å²) in [5.41, 5.74) is 6.00. The predicted molar refractivity (Wildman–Crippen MR) is 65.8 cm³/mol. The Hall–Kier alpha value is -1.32. The van der Waals surface area contributed by atoms with Gasteiger partial charge >= 0.3 is 0 Å². The molecule has 0 heterocycles. The monoisotopic (exact) mass is 240 g/mol. The summed E-state index contributed by atoms with van der Waals surface area (Å²) in [5.74, 6) is -0.575. The largest absolute Gasteiger partial charge is 0.397 e. The SMILES string of the molecule is CC1CCCC1CNc1c(N)ccc(F)c1F. The highest BCUT2D eigenvalue weighted by Crippen LogP contribution is 2.32. The summed E-state index contributed by atoms with van der Waals surface area (Å²) in [6.07, 6.45) is 3.58. The van der Waals surface area contributed by atoms with Crippen LogP contribution in [-0.2, 0) is 0 Å². The molecule has 0 aliphatic heterocycles. The smallest absolute Gasteiger partial charge is 0.183 e. The van der Waals surface area contributed by atoms with Crippen molar-refractivity contribution in [2.24, 2.45) is 11.8 Å². The minimum absolute atomic E-state index is 0.101. The molecule has 0 bridgehead atoms. The number of hydrogen-bond acceptors (Lipinski definition) is 2. The summed E-state index contributed by atoms with van der Waals surface area (Å²) >= 11 is 0. The summed E-state index contributed by atoms with van der Waals surface area (Å²) in [4.78, 5) is 0. The van der Waals surface area contributed by atoms with E-state index in [0.717, 1.165) is 12.5 Å². The van der Waals surface area contributed by atoms with Crippen LogP contribution in [0.15, 0.2) is 12.1 Å². The Morgan fingerprint density at radius 3 is 2.76 bits per heavy atom. The molecule has 1 aliphatic carbocycles. The van der Waals surface area contributed by atoms with Gasteiger partial charge in [0, 0.05) is 6.54 Å². The van der Waals surface area contributed by atoms with Crippen LogP contribution in [0.1, 0.15) is 26.2 Å². The van der Waals surface area contributed by atoms with Gasteiger partial charge in [0.25, 0.3) is 0 Å². The van der Waals surface area contributed by atoms with E-state index in [9.17, 15) is 8.78 Å². The van der Waals surface area contributed by atoms with E-state index < -0.39 is 11.6 Å². The molecule has 1 aliphatic rings. The van der Waals surface area contributed by atoms with Crippen molar-refractivity contribution in [3.63, 3.8) is 0 Å². The van der Waals surface area contributed by atoms with Crippen molar-refractivity contribution in [1.29, 1.82) is 0 Å². The van der Waals surface area contributed by atoms with Crippen LogP contribution < -0.4 is 11.1 Å². The predicted octanol–water partition coefficient (Wildman–Crippen LogP) is 3.40. The van der Waals surface area contributed by atoms with E-state index in [-0.39, 0.29) is 11.4 Å². The lowest BCUT2D eigenvalue weighted by atomic mass is 9.98. The fraction of sp³-hybridized carbons (Fsp3) is 0.538. The van der Waals surface area contributed by atoms with Crippen molar-refractivity contribution >= 4 is 11.4 Å². The third-order valence-corrected chi connectivity index (χ3v) is 3.71. The molecule has 1 fully saturated rings. The van der Waals surface area contributed by atoms with Gasteiger partial charge in [-0.25, -0.2) is 8.78 Å². The number of benzene rings is 1. The van der Waals surface area contributed by atoms with E-state index in [1.54, 1.807) is 0 Å². The zero-order valence-corrected chi connectivity index (χ0v) is 9.97. The molecule has 0 aromatic heterocycles. The van der Waals surface area contributed by atoms with Crippen LogP contribution in [0.4, 0.5) is 20.2 Å². The molecule has 2 nitrogen and oxygen atoms in total. The topological polar surface area (TPSA) is 38.0 Å². The molecule has 17 heavy (non-hydrogen) atoms. The van der Waals surface area contributed by atoms with Crippen LogP contribution in [0.5, 0.6) is 0 Å². The van der Waals surface area contributed by atoms with Crippen LogP contribution in [0, 0.1) is 23.5 Å². The van der Waals surface area contributed by atoms with Gasteiger partial charge in [0.05, 0.1) is 11.4 Å². The summed E-state index contributed by atoms with van der Waals surface area (Å²) < 4.78 is 26.6. The number of hydrogen-bond donors (Lipinski definition) is 2. The van der Waals surface area contributed by atoms with Gasteiger partial charge in [-0.3, -0.25) is 0 Å². The standard InChI is InChI=1S/C13H18F2N2/c1-8-3-2-4-9(8)7-17-13-11(16)6-5-10(14)12(13)15/h5-6,8-9,17H,2-4,7,16H2,1H3. The number of nitrogen functional groups attached to an aromatic ring is 1. The first-order valence-corrected chi connectivity index (χ1v) is 6.07. The summed E-state index contributed by atoms with van der Waals surface area (Å²) in [6.45, 7) is 2.86. The Morgan fingerprint density at radius 2 is 2.12 bits per heavy atom. The zero-order valence-electron chi connectivity index (χ0n) is 9.97. The maximum absolute atomic E-state index is 13.5. The Balaban J connectivity index is 2.06. The highest BCUT2D eigenvalue weighted by atomic mass is 19.2. The fourth-order valence-electron chi connectivity index (χ4n) is 2.50. The van der Waals surface area contributed by atoms with Crippen LogP contribution in [-0.4, -0.2) is 6.54 Å². The number of anilines is 2. The van der Waals surface area contributed by atoms with Gasteiger partial charge in [-0.1, -0.05) is 19.8 Å². The van der Waals surface area contributed by atoms with E-state index in [1.807, 2.05) is 0 Å². The number of nitrogens with one attached hydrogen (secondary N) is 1. The maximum Gasteiger partial charge on any atom is 0.183 e. The molecule has 2 atom stereocenters. The van der Waals surface area contributed by atoms with Gasteiger partial charge in [-0.05, 0) is 30.4 Å². The molecule has 2 rings (SSSR count). The third-order valence-electron chi connectivity index (χ3n) is 3.71. The molecule has 0 amide bonds. The van der Waals surface area contributed by atoms with Crippen LogP contribution >= 0.6 is 0 Å². The number of halogens is 2. The quantitative estimate of drug-likeness (QED) is 0.795. The fourth-order valence-corrected chi connectivity index (χ4v) is 2.50. The molecule has 0 saturated heterocycles. The Bertz CT molecular complexity index is 407. The van der Waals surface area contributed by atoms with Crippen molar-refractivity contribution in [3.05, 3.63) is 23.8 Å². The second-order valence-corrected chi connectivity index (χ2v) is 4.87. The Kier molecular flexibility index (Phi) is 3.50. The van der Waals surface area contributed by atoms with Crippen LogP contribution in [0.2, 0.25) is 0 Å². The lowest BCUT2D eigenvalue weighted by Gasteiger charge is -2.18. The van der Waals surface area contributed by atoms with Crippen molar-refractivity contribution in [2.45, 2.75) is 26.2 Å². The number of nitrogens with two attached hydrogens (primary N) is 1. The Labute approximate surface area is 100 Å². The second kappa shape index (κ2) is 4.90. The Morgan fingerprint density at radius 1 is 1.35 bits per heavy atom. The molecule has 3 N–H and O–H groups in total. The minimum Gasteiger partial charge on any atom is -0.397 e. The summed E-state index contributed by atoms with van der Waals surface area (Å²) in [6, 6.07) is 2.44. The summed E-state index contributed by atoms with van der Waals surface area (Å²) in [5, 5.41) is 2.95. The number of rotatable bonds is 3. The second-order valence-electron chi connectivity index (χ2n) is 4.87. The molecule has 1 aromatic rings. The molecule has 1 saturated carbocycles. The minimum atomic E-state index is -0.879. The van der Waals surface area contributed by atoms with Crippen molar-refractivity contribution in [1.82, 2.24) is 0 Å². The molecule has 0 radical (unpaired) electrons. The molecule has 0 spiro atoms. The average molecular weight is 240 g/mol. The van der Waals surface area contributed by atoms with E-state index in [2.05, 4.69) is 12.2 Å². The van der Waals surface area contributed by atoms with Gasteiger partial charge in [0.1, 0.15) is 0 Å². The molecule has 2 unspecified atom stereocenters. The van der Waals surface area contributed by atoms with Gasteiger partial charge in [-0.2, -0.15) is 0 Å². The van der Waals surface area contributed by atoms with Crippen LogP contribution in [0.3, 0.4) is 0 Å². The molecule has 94 valence electrons. The first-order chi connectivity index (χ1) is 8.09. The molecular weight excluding hydrogens is 222 g/mol. The lowest BCUT2D eigenvalue weighted by Crippen LogP contribution is -2.18. The van der Waals surface area contributed by atoms with Crippen molar-refractivity contribution in [3.8, 4) is 0 Å². The van der Waals surface area contributed by atoms with Crippen molar-refractivity contribution < 1.29 is 8.78 Å². The summed E-state index contributed by atoms with van der Waals surface area (Å²) in [7, 11) is 0. The van der Waals surface area contributed by atoms with Crippen LogP contribution in [0.25, 0.3) is 0 Å². The molecular formula is C13H18F2N2. The van der Waals surface area contributed by atoms with E-state index in [0.29, 0.717) is 18.4 Å². The van der Waals surface area contributed by atoms with E-state index in [1.165, 1.54) is 18.9 Å². The zero-order chi connectivity index (χ0) is 12.4. The highest BCUT2D eigenvalue weighted by Gasteiger charge is 2.23. The average Bonchev–Trinajstić information content (AvgIpc) is 2.70. The van der Waals surface area contributed by atoms with Gasteiger partial charge < -0.3 is 11.1 Å². The maximum atomic E-state index is 13.5. The van der Waals surface area contributed by atoms with E-state index in [4.69, 9.17) is 5.73 Å². The third kappa shape index (κ3) is 2.51. The van der Waals surface area contributed by atoms with E-state index >= 15 is 0 Å².